The van der Waals surface area contributed by atoms with E-state index in [-0.39, 0.29) is 18.8 Å². The van der Waals surface area contributed by atoms with E-state index in [0.717, 1.165) is 10.9 Å². The van der Waals surface area contributed by atoms with Crippen molar-refractivity contribution in [3.8, 4) is 11.3 Å². The van der Waals surface area contributed by atoms with E-state index in [1.165, 1.54) is 8.97 Å². The Hall–Kier alpha value is -3.41. The van der Waals surface area contributed by atoms with Crippen molar-refractivity contribution in [2.45, 2.75) is 13.5 Å². The first-order valence-corrected chi connectivity index (χ1v) is 8.40. The highest BCUT2D eigenvalue weighted by Gasteiger charge is 2.16. The minimum absolute atomic E-state index is 0.137. The van der Waals surface area contributed by atoms with E-state index >= 15 is 0 Å². The highest BCUT2D eigenvalue weighted by atomic mass is 16.5. The monoisotopic (exact) mass is 347 g/mol. The van der Waals surface area contributed by atoms with E-state index in [9.17, 15) is 9.59 Å². The molecule has 0 N–H and O–H groups in total. The van der Waals surface area contributed by atoms with Gasteiger partial charge in [-0.2, -0.15) is 0 Å². The molecule has 6 heteroatoms. The van der Waals surface area contributed by atoms with Crippen LogP contribution in [0.4, 0.5) is 0 Å². The molecule has 2 aromatic carbocycles. The van der Waals surface area contributed by atoms with Gasteiger partial charge >= 0.3 is 11.7 Å². The molecule has 4 aromatic rings. The standard InChI is InChI=1S/C20H17N3O3/c1-2-26-18(24)13-22-17-11-7-6-10-15(17)19-21-16(12-23(19)20(22)25)14-8-4-3-5-9-14/h3-12H,2,13H2,1H3. The van der Waals surface area contributed by atoms with E-state index in [2.05, 4.69) is 4.98 Å². The van der Waals surface area contributed by atoms with Crippen molar-refractivity contribution < 1.29 is 9.53 Å². The Morgan fingerprint density at radius 2 is 1.81 bits per heavy atom. The fourth-order valence-corrected chi connectivity index (χ4v) is 3.08. The maximum absolute atomic E-state index is 13.0. The molecule has 0 bridgehead atoms. The predicted octanol–water partition coefficient (Wildman–Crippen LogP) is 2.88. The van der Waals surface area contributed by atoms with Crippen LogP contribution in [0.15, 0.2) is 65.6 Å². The fourth-order valence-electron chi connectivity index (χ4n) is 3.08. The number of fused-ring (bicyclic) bond motifs is 3. The number of esters is 1. The summed E-state index contributed by atoms with van der Waals surface area (Å²) in [5.74, 6) is -0.442. The van der Waals surface area contributed by atoms with Crippen LogP contribution in [-0.4, -0.2) is 26.5 Å². The summed E-state index contributed by atoms with van der Waals surface area (Å²) in [5, 5.41) is 0.804. The number of nitrogens with zero attached hydrogens (tertiary/aromatic N) is 3. The van der Waals surface area contributed by atoms with Gasteiger partial charge in [0.15, 0.2) is 5.65 Å². The second-order valence-electron chi connectivity index (χ2n) is 5.88. The average molecular weight is 347 g/mol. The Kier molecular flexibility index (Phi) is 4.01. The number of para-hydroxylation sites is 1. The van der Waals surface area contributed by atoms with Crippen LogP contribution in [0.3, 0.4) is 0 Å². The van der Waals surface area contributed by atoms with Gasteiger partial charge in [0.2, 0.25) is 0 Å². The smallest absolute Gasteiger partial charge is 0.334 e. The Bertz CT molecular complexity index is 1160. The summed E-state index contributed by atoms with van der Waals surface area (Å²) in [6, 6.07) is 17.1. The van der Waals surface area contributed by atoms with Crippen LogP contribution < -0.4 is 5.69 Å². The van der Waals surface area contributed by atoms with Gasteiger partial charge in [0.25, 0.3) is 0 Å². The quantitative estimate of drug-likeness (QED) is 0.533. The van der Waals surface area contributed by atoms with Gasteiger partial charge in [-0.15, -0.1) is 0 Å². The molecule has 0 atom stereocenters. The Balaban J connectivity index is 1.98. The Labute approximate surface area is 149 Å². The fraction of sp³-hybridized carbons (Fsp3) is 0.150. The predicted molar refractivity (Wildman–Crippen MR) is 99.0 cm³/mol. The molecule has 0 saturated heterocycles. The van der Waals surface area contributed by atoms with Crippen LogP contribution in [0.25, 0.3) is 27.8 Å². The van der Waals surface area contributed by atoms with Crippen molar-refractivity contribution in [2.75, 3.05) is 6.61 Å². The van der Waals surface area contributed by atoms with Gasteiger partial charge in [-0.3, -0.25) is 13.8 Å². The lowest BCUT2D eigenvalue weighted by Gasteiger charge is -2.10. The second-order valence-corrected chi connectivity index (χ2v) is 5.88. The Morgan fingerprint density at radius 1 is 1.08 bits per heavy atom. The first kappa shape index (κ1) is 16.1. The van der Waals surface area contributed by atoms with Crippen LogP contribution in [0.1, 0.15) is 6.92 Å². The van der Waals surface area contributed by atoms with Crippen LogP contribution in [0.5, 0.6) is 0 Å². The molecule has 0 spiro atoms. The van der Waals surface area contributed by atoms with E-state index < -0.39 is 5.97 Å². The molecular formula is C20H17N3O3. The van der Waals surface area contributed by atoms with Gasteiger partial charge in [0, 0.05) is 17.1 Å². The van der Waals surface area contributed by atoms with Crippen LogP contribution in [0.2, 0.25) is 0 Å². The number of benzene rings is 2. The number of hydrogen-bond acceptors (Lipinski definition) is 4. The lowest BCUT2D eigenvalue weighted by molar-refractivity contribution is -0.143. The molecule has 0 unspecified atom stereocenters. The number of aromatic nitrogens is 3. The zero-order valence-electron chi connectivity index (χ0n) is 14.3. The van der Waals surface area contributed by atoms with E-state index in [1.54, 1.807) is 13.1 Å². The van der Waals surface area contributed by atoms with Gasteiger partial charge in [-0.25, -0.2) is 9.78 Å². The third-order valence-electron chi connectivity index (χ3n) is 4.24. The summed E-state index contributed by atoms with van der Waals surface area (Å²) in [5.41, 5.74) is 2.55. The normalized spacial score (nSPS) is 11.1. The molecule has 0 saturated carbocycles. The average Bonchev–Trinajstić information content (AvgIpc) is 3.12. The van der Waals surface area contributed by atoms with Crippen LogP contribution in [-0.2, 0) is 16.1 Å². The minimum Gasteiger partial charge on any atom is -0.465 e. The van der Waals surface area contributed by atoms with Crippen LogP contribution >= 0.6 is 0 Å². The van der Waals surface area contributed by atoms with Gasteiger partial charge < -0.3 is 4.74 Å². The molecule has 0 fully saturated rings. The molecule has 6 nitrogen and oxygen atoms in total. The van der Waals surface area contributed by atoms with Crippen molar-refractivity contribution in [1.82, 2.24) is 14.0 Å². The number of hydrogen-bond donors (Lipinski definition) is 0. The summed E-state index contributed by atoms with van der Waals surface area (Å²) in [7, 11) is 0. The van der Waals surface area contributed by atoms with Crippen LogP contribution in [0, 0.1) is 0 Å². The van der Waals surface area contributed by atoms with Gasteiger partial charge in [0.05, 0.1) is 17.8 Å². The lowest BCUT2D eigenvalue weighted by Crippen LogP contribution is -2.30. The van der Waals surface area contributed by atoms with Crippen molar-refractivity contribution in [1.29, 1.82) is 0 Å². The summed E-state index contributed by atoms with van der Waals surface area (Å²) in [4.78, 5) is 29.6. The molecule has 4 rings (SSSR count). The van der Waals surface area contributed by atoms with E-state index in [4.69, 9.17) is 4.74 Å². The first-order chi connectivity index (χ1) is 12.7. The van der Waals surface area contributed by atoms with E-state index in [0.29, 0.717) is 16.9 Å². The zero-order chi connectivity index (χ0) is 18.1. The van der Waals surface area contributed by atoms with E-state index in [1.807, 2.05) is 54.6 Å². The molecule has 0 aliphatic rings. The number of ether oxygens (including phenoxy) is 1. The topological polar surface area (TPSA) is 65.6 Å². The minimum atomic E-state index is -0.442. The molecule has 2 aromatic heterocycles. The summed E-state index contributed by atoms with van der Waals surface area (Å²) < 4.78 is 7.93. The lowest BCUT2D eigenvalue weighted by atomic mass is 10.2. The Morgan fingerprint density at radius 3 is 2.58 bits per heavy atom. The number of carbonyl (C=O) groups excluding carboxylic acids is 1. The maximum Gasteiger partial charge on any atom is 0.334 e. The van der Waals surface area contributed by atoms with Gasteiger partial charge in [-0.05, 0) is 19.1 Å². The summed E-state index contributed by atoms with van der Waals surface area (Å²) >= 11 is 0. The highest BCUT2D eigenvalue weighted by molar-refractivity contribution is 5.93. The molecular weight excluding hydrogens is 330 g/mol. The van der Waals surface area contributed by atoms with Gasteiger partial charge in [-0.1, -0.05) is 42.5 Å². The molecule has 26 heavy (non-hydrogen) atoms. The highest BCUT2D eigenvalue weighted by Crippen LogP contribution is 2.22. The second kappa shape index (κ2) is 6.48. The number of rotatable bonds is 4. The molecule has 0 aliphatic heterocycles. The molecule has 0 amide bonds. The SMILES string of the molecule is CCOC(=O)Cn1c(=O)n2cc(-c3ccccc3)nc2c2ccccc21. The third kappa shape index (κ3) is 2.65. The third-order valence-corrected chi connectivity index (χ3v) is 4.24. The molecule has 2 heterocycles. The number of imidazole rings is 1. The molecule has 0 aliphatic carbocycles. The summed E-state index contributed by atoms with van der Waals surface area (Å²) in [6.07, 6.45) is 1.71. The van der Waals surface area contributed by atoms with Crippen molar-refractivity contribution >= 4 is 22.5 Å². The van der Waals surface area contributed by atoms with Crippen molar-refractivity contribution in [3.05, 3.63) is 71.3 Å². The van der Waals surface area contributed by atoms with Crippen molar-refractivity contribution in [3.63, 3.8) is 0 Å². The largest absolute Gasteiger partial charge is 0.465 e. The molecule has 130 valence electrons. The maximum atomic E-state index is 13.0. The number of carbonyl (C=O) groups is 1. The van der Waals surface area contributed by atoms with Gasteiger partial charge in [0.1, 0.15) is 6.54 Å². The molecule has 0 radical (unpaired) electrons. The summed E-state index contributed by atoms with van der Waals surface area (Å²) in [6.45, 7) is 1.88. The van der Waals surface area contributed by atoms with Crippen molar-refractivity contribution in [2.24, 2.45) is 0 Å². The first-order valence-electron chi connectivity index (χ1n) is 8.40. The zero-order valence-corrected chi connectivity index (χ0v) is 14.3.